The molecular formula is C45H54Cl6N14O15S2. The summed E-state index contributed by atoms with van der Waals surface area (Å²) in [4.78, 5) is 78.0. The minimum Gasteiger partial charge on any atom is -0.483 e. The molecule has 6 aromatic heterocycles. The largest absolute Gasteiger partial charge is 0.483 e. The highest BCUT2D eigenvalue weighted by molar-refractivity contribution is 7.98. The van der Waals surface area contributed by atoms with E-state index in [1.54, 1.807) is 42.6 Å². The maximum absolute atomic E-state index is 10.8. The Bertz CT molecular complexity index is 3040. The zero-order chi connectivity index (χ0) is 61.9. The third-order valence-electron chi connectivity index (χ3n) is 7.80. The third-order valence-corrected chi connectivity index (χ3v) is 10.5. The van der Waals surface area contributed by atoms with E-state index in [9.17, 15) is 38.2 Å². The number of halogens is 6. The van der Waals surface area contributed by atoms with Gasteiger partial charge in [0, 0.05) is 50.9 Å². The monoisotopic (exact) mass is 1300 g/mol. The average molecular weight is 1310 g/mol. The summed E-state index contributed by atoms with van der Waals surface area (Å²) in [6, 6.07) is 14.9. The molecule has 448 valence electrons. The molecule has 5 N–H and O–H groups in total. The normalized spacial score (nSPS) is 10.2. The lowest BCUT2D eigenvalue weighted by Gasteiger charge is -2.08. The molecule has 6 aromatic rings. The van der Waals surface area contributed by atoms with E-state index in [4.69, 9.17) is 109 Å². The topological polar surface area (TPSA) is 415 Å². The van der Waals surface area contributed by atoms with E-state index in [0.717, 1.165) is 25.5 Å². The minimum absolute atomic E-state index is 0. The Hall–Kier alpha value is -7.54. The first-order valence-corrected chi connectivity index (χ1v) is 26.8. The molecule has 7 heterocycles. The molecule has 0 aliphatic carbocycles. The number of hydrogen-bond acceptors (Lipinski definition) is 25. The van der Waals surface area contributed by atoms with Gasteiger partial charge in [0.15, 0.2) is 5.16 Å². The number of nitrogens with one attached hydrogen (secondary N) is 2. The summed E-state index contributed by atoms with van der Waals surface area (Å²) in [5, 5.41) is 41.3. The standard InChI is InChI=1S/C7H6ClN3O4.C7H7ClN2O2.C6H5ClN2O3.C6H7ClN2O.C5H5ClN2O2S.C5H5ClN2S.C5H10O.C2H3N.CH2O2.CH4/c1-15-7-4(9-3-12)2-5(11(13)14)6(8)10-7;1-12-7-5(9-4-11)2-3-6(8)10-7;1-12-6-4(9(10)11)2-3-5(7)8-6;1-10-6-4(8)2-3-5(7)9-6;1-11(9,10)5-7-3-2-4(6)8-5;1-9-5-7-3-2-4(6)8-5;1-2-4-6-5-3-1;1-2-3;2-1-3;/h2-3H,1H3,(H,9,12);2-4H,1H3,(H,9,11);2-3H,1H3;2-3H,8H2,1H3;2-3H,1H3;2-3H,1H3;1-5H2;1H3;1H,(H,2,3);1H4. The average Bonchev–Trinajstić information content (AvgIpc) is 3.44. The predicted molar refractivity (Wildman–Crippen MR) is 311 cm³/mol. The molecule has 1 aliphatic rings. The molecule has 1 aliphatic heterocycles. The van der Waals surface area contributed by atoms with E-state index < -0.39 is 25.4 Å². The number of anilines is 3. The zero-order valence-electron chi connectivity index (χ0n) is 43.4. The quantitative estimate of drug-likeness (QED) is 0.0168. The van der Waals surface area contributed by atoms with Gasteiger partial charge < -0.3 is 45.2 Å². The Balaban J connectivity index is -0.000000880. The number of aromatic nitrogens is 8. The summed E-state index contributed by atoms with van der Waals surface area (Å²) >= 11 is 34.6. The van der Waals surface area contributed by atoms with Crippen LogP contribution in [0.3, 0.4) is 0 Å². The number of nitrogens with zero attached hydrogens (tertiary/aromatic N) is 11. The van der Waals surface area contributed by atoms with Crippen molar-refractivity contribution in [1.82, 2.24) is 39.9 Å². The Morgan fingerprint density at radius 3 is 1.49 bits per heavy atom. The predicted octanol–water partition coefficient (Wildman–Crippen LogP) is 9.95. The van der Waals surface area contributed by atoms with Crippen LogP contribution in [-0.2, 0) is 29.0 Å². The van der Waals surface area contributed by atoms with Crippen molar-refractivity contribution in [2.75, 3.05) is 70.5 Å². The Labute approximate surface area is 504 Å². The van der Waals surface area contributed by atoms with Gasteiger partial charge in [0.2, 0.25) is 50.6 Å². The number of nitro groups is 2. The van der Waals surface area contributed by atoms with Gasteiger partial charge in [0.05, 0.1) is 50.0 Å². The maximum Gasteiger partial charge on any atom is 0.331 e. The number of rotatable bonds is 12. The van der Waals surface area contributed by atoms with E-state index in [1.807, 2.05) is 6.26 Å². The van der Waals surface area contributed by atoms with Crippen LogP contribution >= 0.6 is 81.4 Å². The second kappa shape index (κ2) is 46.1. The van der Waals surface area contributed by atoms with Crippen LogP contribution in [0, 0.1) is 31.6 Å². The van der Waals surface area contributed by atoms with E-state index in [1.165, 1.54) is 90.8 Å². The molecule has 0 bridgehead atoms. The second-order valence-corrected chi connectivity index (χ2v) is 18.3. The summed E-state index contributed by atoms with van der Waals surface area (Å²) in [5.41, 5.74) is 5.94. The Morgan fingerprint density at radius 1 is 0.683 bits per heavy atom. The molecule has 0 aromatic carbocycles. The van der Waals surface area contributed by atoms with Crippen molar-refractivity contribution in [2.45, 2.75) is 43.9 Å². The molecule has 0 spiro atoms. The number of nitriles is 1. The van der Waals surface area contributed by atoms with Crippen molar-refractivity contribution in [3.05, 3.63) is 118 Å². The number of nitrogens with two attached hydrogens (primary N) is 1. The molecule has 0 unspecified atom stereocenters. The van der Waals surface area contributed by atoms with Crippen molar-refractivity contribution in [2.24, 2.45) is 0 Å². The first kappa shape index (κ1) is 78.7. The van der Waals surface area contributed by atoms with Crippen LogP contribution in [0.15, 0.2) is 77.3 Å². The van der Waals surface area contributed by atoms with Gasteiger partial charge in [-0.1, -0.05) is 88.8 Å². The lowest BCUT2D eigenvalue weighted by Crippen LogP contribution is -2.03. The van der Waals surface area contributed by atoms with Crippen LogP contribution in [0.5, 0.6) is 23.5 Å². The van der Waals surface area contributed by atoms with Gasteiger partial charge in [-0.3, -0.25) is 34.6 Å². The second-order valence-electron chi connectivity index (χ2n) is 13.3. The van der Waals surface area contributed by atoms with E-state index in [-0.39, 0.29) is 57.6 Å². The van der Waals surface area contributed by atoms with Gasteiger partial charge >= 0.3 is 11.4 Å². The Kier molecular flexibility index (Phi) is 44.2. The minimum atomic E-state index is -3.33. The zero-order valence-corrected chi connectivity index (χ0v) is 49.5. The van der Waals surface area contributed by atoms with Crippen LogP contribution in [0.4, 0.5) is 28.4 Å². The van der Waals surface area contributed by atoms with Crippen LogP contribution in [0.2, 0.25) is 30.9 Å². The first-order valence-electron chi connectivity index (χ1n) is 21.4. The lowest BCUT2D eigenvalue weighted by atomic mass is 10.2. The van der Waals surface area contributed by atoms with Crippen molar-refractivity contribution in [3.63, 3.8) is 0 Å². The molecular weight excluding hydrogens is 1250 g/mol. The van der Waals surface area contributed by atoms with Crippen LogP contribution < -0.4 is 35.3 Å². The number of sulfone groups is 1. The van der Waals surface area contributed by atoms with E-state index in [0.29, 0.717) is 56.6 Å². The van der Waals surface area contributed by atoms with Crippen molar-refractivity contribution in [1.29, 1.82) is 5.26 Å². The van der Waals surface area contributed by atoms with Crippen LogP contribution in [0.25, 0.3) is 0 Å². The summed E-state index contributed by atoms with van der Waals surface area (Å²) in [7, 11) is 2.22. The van der Waals surface area contributed by atoms with E-state index >= 15 is 0 Å². The molecule has 37 heteroatoms. The molecule has 0 saturated carbocycles. The smallest absolute Gasteiger partial charge is 0.331 e. The molecule has 7 rings (SSSR count). The third kappa shape index (κ3) is 34.6. The number of amides is 2. The first-order chi connectivity index (χ1) is 38.4. The summed E-state index contributed by atoms with van der Waals surface area (Å²) < 4.78 is 45.8. The summed E-state index contributed by atoms with van der Waals surface area (Å²) in [5.74, 6) is 0.604. The van der Waals surface area contributed by atoms with Crippen molar-refractivity contribution >= 4 is 139 Å². The van der Waals surface area contributed by atoms with Gasteiger partial charge in [0.25, 0.3) is 12.4 Å². The number of carbonyl (C=O) groups excluding carboxylic acids is 2. The summed E-state index contributed by atoms with van der Waals surface area (Å²) in [6.45, 7) is 3.18. The van der Waals surface area contributed by atoms with Crippen molar-refractivity contribution < 1.29 is 61.4 Å². The Morgan fingerprint density at radius 2 is 1.11 bits per heavy atom. The van der Waals surface area contributed by atoms with Gasteiger partial charge in [-0.25, -0.2) is 28.4 Å². The molecule has 29 nitrogen and oxygen atoms in total. The van der Waals surface area contributed by atoms with Crippen molar-refractivity contribution in [3.8, 4) is 29.6 Å². The molecule has 82 heavy (non-hydrogen) atoms. The van der Waals surface area contributed by atoms with Gasteiger partial charge in [-0.2, -0.15) is 25.2 Å². The van der Waals surface area contributed by atoms with E-state index in [2.05, 4.69) is 55.2 Å². The molecule has 1 fully saturated rings. The highest BCUT2D eigenvalue weighted by atomic mass is 35.5. The number of pyridine rings is 4. The maximum atomic E-state index is 10.8. The van der Waals surface area contributed by atoms with Gasteiger partial charge in [-0.15, -0.1) is 0 Å². The fraction of sp³-hybridized carbons (Fsp3) is 0.289. The highest BCUT2D eigenvalue weighted by Crippen LogP contribution is 2.32. The number of hydrogen-bond donors (Lipinski definition) is 4. The number of thioether (sulfide) groups is 1. The fourth-order valence-electron chi connectivity index (χ4n) is 4.56. The van der Waals surface area contributed by atoms with Gasteiger partial charge in [0.1, 0.15) is 37.1 Å². The van der Waals surface area contributed by atoms with Crippen LogP contribution in [0.1, 0.15) is 33.6 Å². The lowest BCUT2D eigenvalue weighted by molar-refractivity contribution is -0.386. The fourth-order valence-corrected chi connectivity index (χ4v) is 6.42. The summed E-state index contributed by atoms with van der Waals surface area (Å²) in [6.07, 6.45) is 10.7. The number of carboxylic acid groups (broad SMARTS) is 1. The molecule has 2 amide bonds. The molecule has 1 saturated heterocycles. The van der Waals surface area contributed by atoms with Crippen LogP contribution in [-0.4, -0.2) is 137 Å². The molecule has 0 radical (unpaired) electrons. The van der Waals surface area contributed by atoms with Gasteiger partial charge in [-0.05, 0) is 68.0 Å². The SMILES string of the molecule is C.C1CCOCC1.CC#N.COc1nc(Cl)c([N+](=O)[O-])cc1NC=O.COc1nc(Cl)ccc1N.COc1nc(Cl)ccc1NC=O.COc1nc(Cl)ccc1[N+](=O)[O-].CS(=O)(=O)c1nccc(Cl)n1.CSc1nccc(Cl)n1.O=CO. The number of nitrogen functional groups attached to an aromatic ring is 1. The number of ether oxygens (including phenoxy) is 5. The number of methoxy groups -OCH3 is 4. The highest BCUT2D eigenvalue weighted by Gasteiger charge is 2.19. The number of carbonyl (C=O) groups is 3. The molecule has 0 atom stereocenters.